The van der Waals surface area contributed by atoms with Crippen molar-refractivity contribution in [3.05, 3.63) is 191 Å². The highest BCUT2D eigenvalue weighted by Crippen LogP contribution is 2.62. The quantitative estimate of drug-likeness (QED) is 0.197. The summed E-state index contributed by atoms with van der Waals surface area (Å²) in [4.78, 5) is 22.6. The molecular formula is C42H26N2O. The molecule has 2 aliphatic carbocycles. The summed E-state index contributed by atoms with van der Waals surface area (Å²) in [7, 11) is 0. The highest BCUT2D eigenvalue weighted by molar-refractivity contribution is 6.09. The van der Waals surface area contributed by atoms with Crippen LogP contribution in [0.4, 0.5) is 0 Å². The van der Waals surface area contributed by atoms with Gasteiger partial charge < -0.3 is 0 Å². The number of rotatable bonds is 4. The fourth-order valence-corrected chi connectivity index (χ4v) is 7.43. The van der Waals surface area contributed by atoms with Crippen molar-refractivity contribution >= 4 is 5.78 Å². The van der Waals surface area contributed by atoms with E-state index in [1.807, 2.05) is 79.1 Å². The van der Waals surface area contributed by atoms with Gasteiger partial charge in [-0.3, -0.25) is 14.8 Å². The first-order chi connectivity index (χ1) is 22.2. The van der Waals surface area contributed by atoms with Crippen LogP contribution in [0.1, 0.15) is 38.2 Å². The van der Waals surface area contributed by atoms with E-state index in [2.05, 4.69) is 78.9 Å². The number of ketones is 1. The van der Waals surface area contributed by atoms with Gasteiger partial charge in [-0.05, 0) is 79.9 Å². The van der Waals surface area contributed by atoms with Gasteiger partial charge >= 0.3 is 0 Å². The molecule has 5 aromatic carbocycles. The Morgan fingerprint density at radius 2 is 0.978 bits per heavy atom. The number of benzene rings is 5. The number of hydrogen-bond acceptors (Lipinski definition) is 3. The zero-order chi connectivity index (χ0) is 30.0. The first kappa shape index (κ1) is 25.6. The summed E-state index contributed by atoms with van der Waals surface area (Å²) >= 11 is 0. The molecule has 0 unspecified atom stereocenters. The summed E-state index contributed by atoms with van der Waals surface area (Å²) in [6.07, 6.45) is 3.73. The SMILES string of the molecule is O=C(c1ccccc1)c1ccc(-c2cccc(-c3ccc4c(c3)-c3ccccc3C43c4cccnc4-c4ncccc43)c2)cc1. The van der Waals surface area contributed by atoms with Crippen LogP contribution in [0.3, 0.4) is 0 Å². The van der Waals surface area contributed by atoms with Gasteiger partial charge in [0.25, 0.3) is 0 Å². The minimum atomic E-state index is -0.446. The molecule has 3 heteroatoms. The van der Waals surface area contributed by atoms with E-state index in [1.54, 1.807) is 0 Å². The molecule has 45 heavy (non-hydrogen) atoms. The molecule has 0 saturated carbocycles. The second kappa shape index (κ2) is 9.80. The highest BCUT2D eigenvalue weighted by atomic mass is 16.1. The van der Waals surface area contributed by atoms with Gasteiger partial charge in [-0.15, -0.1) is 0 Å². The maximum atomic E-state index is 12.9. The molecule has 0 fully saturated rings. The molecule has 1 spiro atoms. The molecule has 2 aliphatic rings. The Kier molecular flexibility index (Phi) is 5.56. The van der Waals surface area contributed by atoms with Gasteiger partial charge in [-0.25, -0.2) is 0 Å². The van der Waals surface area contributed by atoms with E-state index in [4.69, 9.17) is 9.97 Å². The predicted octanol–water partition coefficient (Wildman–Crippen LogP) is 9.39. The fourth-order valence-electron chi connectivity index (χ4n) is 7.43. The summed E-state index contributed by atoms with van der Waals surface area (Å²) in [6.45, 7) is 0. The van der Waals surface area contributed by atoms with E-state index in [9.17, 15) is 4.79 Å². The molecule has 0 aliphatic heterocycles. The zero-order valence-corrected chi connectivity index (χ0v) is 24.3. The molecule has 0 radical (unpaired) electrons. The van der Waals surface area contributed by atoms with E-state index >= 15 is 0 Å². The van der Waals surface area contributed by atoms with Gasteiger partial charge in [0.15, 0.2) is 5.78 Å². The molecule has 210 valence electrons. The Bertz CT molecular complexity index is 2240. The Labute approximate surface area is 261 Å². The average molecular weight is 575 g/mol. The van der Waals surface area contributed by atoms with E-state index in [0.29, 0.717) is 11.1 Å². The van der Waals surface area contributed by atoms with Crippen LogP contribution in [0.5, 0.6) is 0 Å². The molecule has 0 amide bonds. The van der Waals surface area contributed by atoms with Gasteiger partial charge in [0, 0.05) is 23.5 Å². The fraction of sp³-hybridized carbons (Fsp3) is 0.0238. The van der Waals surface area contributed by atoms with Crippen LogP contribution < -0.4 is 0 Å². The normalized spacial score (nSPS) is 13.2. The summed E-state index contributed by atoms with van der Waals surface area (Å²) in [5.74, 6) is 0.0335. The van der Waals surface area contributed by atoms with Crippen molar-refractivity contribution in [2.24, 2.45) is 0 Å². The third-order valence-electron chi connectivity index (χ3n) is 9.40. The van der Waals surface area contributed by atoms with Crippen LogP contribution in [-0.4, -0.2) is 15.8 Å². The minimum absolute atomic E-state index is 0.0335. The molecule has 7 aromatic rings. The standard InChI is InChI=1S/C42H26N2O/c45-41(28-9-2-1-3-10-28)29-19-17-27(18-20-29)30-11-6-12-31(25-30)32-21-22-36-34(26-32)33-13-4-5-14-35(33)42(36)37-15-7-23-43-39(37)40-38(42)16-8-24-44-40/h1-26H. The van der Waals surface area contributed by atoms with Crippen molar-refractivity contribution < 1.29 is 4.79 Å². The largest absolute Gasteiger partial charge is 0.289 e. The van der Waals surface area contributed by atoms with E-state index in [-0.39, 0.29) is 5.78 Å². The van der Waals surface area contributed by atoms with Crippen LogP contribution in [0.25, 0.3) is 44.8 Å². The third kappa shape index (κ3) is 3.68. The molecular weight excluding hydrogens is 548 g/mol. The molecule has 9 rings (SSSR count). The molecule has 2 heterocycles. The lowest BCUT2D eigenvalue weighted by Gasteiger charge is -2.29. The summed E-state index contributed by atoms with van der Waals surface area (Å²) in [5.41, 5.74) is 14.8. The Balaban J connectivity index is 1.14. The van der Waals surface area contributed by atoms with Crippen LogP contribution in [-0.2, 0) is 5.41 Å². The van der Waals surface area contributed by atoms with Crippen molar-refractivity contribution in [2.45, 2.75) is 5.41 Å². The summed E-state index contributed by atoms with van der Waals surface area (Å²) in [6, 6.07) is 50.2. The van der Waals surface area contributed by atoms with Crippen molar-refractivity contribution in [3.8, 4) is 44.8 Å². The Hall–Kier alpha value is -5.93. The molecule has 0 atom stereocenters. The van der Waals surface area contributed by atoms with Gasteiger partial charge in [0.05, 0.1) is 16.8 Å². The van der Waals surface area contributed by atoms with Crippen LogP contribution in [0, 0.1) is 0 Å². The highest BCUT2D eigenvalue weighted by Gasteiger charge is 2.52. The lowest BCUT2D eigenvalue weighted by atomic mass is 9.71. The number of pyridine rings is 2. The third-order valence-corrected chi connectivity index (χ3v) is 9.40. The van der Waals surface area contributed by atoms with Gasteiger partial charge in [0.2, 0.25) is 0 Å². The van der Waals surface area contributed by atoms with Crippen molar-refractivity contribution in [1.29, 1.82) is 0 Å². The molecule has 0 saturated heterocycles. The first-order valence-electron chi connectivity index (χ1n) is 15.2. The lowest BCUT2D eigenvalue weighted by molar-refractivity contribution is 0.103. The van der Waals surface area contributed by atoms with E-state index in [0.717, 1.165) is 33.6 Å². The number of carbonyl (C=O) groups excluding carboxylic acids is 1. The lowest BCUT2D eigenvalue weighted by Crippen LogP contribution is -2.25. The van der Waals surface area contributed by atoms with Crippen molar-refractivity contribution in [2.75, 3.05) is 0 Å². The maximum absolute atomic E-state index is 12.9. The predicted molar refractivity (Wildman–Crippen MR) is 179 cm³/mol. The Morgan fingerprint density at radius 1 is 0.422 bits per heavy atom. The van der Waals surface area contributed by atoms with Crippen molar-refractivity contribution in [1.82, 2.24) is 9.97 Å². The number of aromatic nitrogens is 2. The van der Waals surface area contributed by atoms with Crippen LogP contribution in [0.15, 0.2) is 158 Å². The maximum Gasteiger partial charge on any atom is 0.193 e. The Morgan fingerprint density at radius 3 is 1.71 bits per heavy atom. The van der Waals surface area contributed by atoms with Gasteiger partial charge in [-0.1, -0.05) is 121 Å². The first-order valence-corrected chi connectivity index (χ1v) is 15.2. The molecule has 0 bridgehead atoms. The summed E-state index contributed by atoms with van der Waals surface area (Å²) in [5, 5.41) is 0. The minimum Gasteiger partial charge on any atom is -0.289 e. The zero-order valence-electron chi connectivity index (χ0n) is 24.3. The average Bonchev–Trinajstić information content (AvgIpc) is 3.59. The van der Waals surface area contributed by atoms with E-state index < -0.39 is 5.41 Å². The number of nitrogens with zero attached hydrogens (tertiary/aromatic N) is 2. The molecule has 2 aromatic heterocycles. The number of carbonyl (C=O) groups is 1. The van der Waals surface area contributed by atoms with Gasteiger partial charge in [-0.2, -0.15) is 0 Å². The smallest absolute Gasteiger partial charge is 0.193 e. The number of fused-ring (bicyclic) bond motifs is 10. The topological polar surface area (TPSA) is 42.9 Å². The molecule has 3 nitrogen and oxygen atoms in total. The monoisotopic (exact) mass is 574 g/mol. The van der Waals surface area contributed by atoms with Crippen LogP contribution in [0.2, 0.25) is 0 Å². The summed E-state index contributed by atoms with van der Waals surface area (Å²) < 4.78 is 0. The van der Waals surface area contributed by atoms with E-state index in [1.165, 1.54) is 33.4 Å². The van der Waals surface area contributed by atoms with Gasteiger partial charge in [0.1, 0.15) is 0 Å². The second-order valence-electron chi connectivity index (χ2n) is 11.7. The molecule has 0 N–H and O–H groups in total. The van der Waals surface area contributed by atoms with Crippen molar-refractivity contribution in [3.63, 3.8) is 0 Å². The second-order valence-corrected chi connectivity index (χ2v) is 11.7. The number of hydrogen-bond donors (Lipinski definition) is 0. The van der Waals surface area contributed by atoms with Crippen LogP contribution >= 0.6 is 0 Å².